The Kier molecular flexibility index (Phi) is 4.61. The molecule has 0 spiro atoms. The lowest BCUT2D eigenvalue weighted by atomic mass is 10.1. The van der Waals surface area contributed by atoms with Crippen molar-refractivity contribution in [3.63, 3.8) is 0 Å². The van der Waals surface area contributed by atoms with Crippen molar-refractivity contribution >= 4 is 17.6 Å². The molecule has 20 heavy (non-hydrogen) atoms. The average molecular weight is 275 g/mol. The Morgan fingerprint density at radius 3 is 2.70 bits per heavy atom. The molecule has 1 heterocycles. The fourth-order valence-corrected chi connectivity index (χ4v) is 2.33. The molecule has 1 aromatic rings. The summed E-state index contributed by atoms with van der Waals surface area (Å²) in [7, 11) is 0. The second kappa shape index (κ2) is 6.41. The number of hydrogen-bond donors (Lipinski definition) is 2. The number of amides is 3. The van der Waals surface area contributed by atoms with Gasteiger partial charge in [-0.1, -0.05) is 18.2 Å². The number of benzene rings is 1. The molecule has 1 unspecified atom stereocenters. The molecule has 0 saturated carbocycles. The van der Waals surface area contributed by atoms with Gasteiger partial charge in [0.25, 0.3) is 0 Å². The van der Waals surface area contributed by atoms with Gasteiger partial charge in [0.2, 0.25) is 5.91 Å². The molecule has 2 rings (SSSR count). The van der Waals surface area contributed by atoms with Crippen molar-refractivity contribution in [2.45, 2.75) is 26.3 Å². The lowest BCUT2D eigenvalue weighted by Gasteiger charge is -2.17. The summed E-state index contributed by atoms with van der Waals surface area (Å²) in [6.07, 6.45) is 0.483. The van der Waals surface area contributed by atoms with E-state index in [0.29, 0.717) is 19.5 Å². The summed E-state index contributed by atoms with van der Waals surface area (Å²) in [4.78, 5) is 25.3. The van der Waals surface area contributed by atoms with Gasteiger partial charge in [0, 0.05) is 37.2 Å². The van der Waals surface area contributed by atoms with E-state index in [9.17, 15) is 9.59 Å². The van der Waals surface area contributed by atoms with E-state index < -0.39 is 0 Å². The number of carbonyl (C=O) groups excluding carboxylic acids is 2. The monoisotopic (exact) mass is 275 g/mol. The van der Waals surface area contributed by atoms with Gasteiger partial charge in [-0.3, -0.25) is 4.79 Å². The molecule has 0 bridgehead atoms. The van der Waals surface area contributed by atoms with E-state index >= 15 is 0 Å². The molecule has 1 aromatic carbocycles. The quantitative estimate of drug-likeness (QED) is 0.879. The number of anilines is 1. The Hall–Kier alpha value is -2.04. The zero-order chi connectivity index (χ0) is 14.5. The van der Waals surface area contributed by atoms with Crippen molar-refractivity contribution in [1.82, 2.24) is 10.6 Å². The fourth-order valence-electron chi connectivity index (χ4n) is 2.33. The minimum absolute atomic E-state index is 0.112. The van der Waals surface area contributed by atoms with Crippen LogP contribution in [0.4, 0.5) is 10.5 Å². The lowest BCUT2D eigenvalue weighted by molar-refractivity contribution is -0.117. The molecule has 0 radical (unpaired) electrons. The topological polar surface area (TPSA) is 61.4 Å². The second-order valence-electron chi connectivity index (χ2n) is 5.42. The van der Waals surface area contributed by atoms with Gasteiger partial charge in [-0.2, -0.15) is 0 Å². The summed E-state index contributed by atoms with van der Waals surface area (Å²) in [5.41, 5.74) is 0.923. The van der Waals surface area contributed by atoms with Crippen LogP contribution < -0.4 is 15.5 Å². The minimum atomic E-state index is -0.175. The molecule has 5 nitrogen and oxygen atoms in total. The lowest BCUT2D eigenvalue weighted by Crippen LogP contribution is -2.41. The molecule has 3 amide bonds. The van der Waals surface area contributed by atoms with E-state index in [1.54, 1.807) is 4.90 Å². The van der Waals surface area contributed by atoms with Crippen molar-refractivity contribution in [2.75, 3.05) is 18.0 Å². The predicted octanol–water partition coefficient (Wildman–Crippen LogP) is 1.75. The number of rotatable bonds is 4. The highest BCUT2D eigenvalue weighted by molar-refractivity contribution is 5.95. The van der Waals surface area contributed by atoms with E-state index in [2.05, 4.69) is 10.6 Å². The predicted molar refractivity (Wildman–Crippen MR) is 78.6 cm³/mol. The number of hydrogen-bond acceptors (Lipinski definition) is 2. The maximum Gasteiger partial charge on any atom is 0.314 e. The third kappa shape index (κ3) is 3.73. The standard InChI is InChI=1S/C15H21N3O2/c1-11(2)17-15(20)16-9-12-8-14(19)18(10-12)13-6-4-3-5-7-13/h3-7,11-12H,8-10H2,1-2H3,(H2,16,17,20). The van der Waals surface area contributed by atoms with Crippen molar-refractivity contribution in [3.8, 4) is 0 Å². The third-order valence-corrected chi connectivity index (χ3v) is 3.24. The highest BCUT2D eigenvalue weighted by atomic mass is 16.2. The van der Waals surface area contributed by atoms with Crippen LogP contribution in [0, 0.1) is 5.92 Å². The smallest absolute Gasteiger partial charge is 0.314 e. The Labute approximate surface area is 119 Å². The molecule has 0 aromatic heterocycles. The first-order valence-electron chi connectivity index (χ1n) is 6.96. The molecule has 1 aliphatic rings. The van der Waals surface area contributed by atoms with Gasteiger partial charge in [0.15, 0.2) is 0 Å². The number of carbonyl (C=O) groups is 2. The summed E-state index contributed by atoms with van der Waals surface area (Å²) in [5.74, 6) is 0.285. The normalized spacial score (nSPS) is 18.4. The fraction of sp³-hybridized carbons (Fsp3) is 0.467. The average Bonchev–Trinajstić information content (AvgIpc) is 2.78. The number of nitrogens with zero attached hydrogens (tertiary/aromatic N) is 1. The van der Waals surface area contributed by atoms with Crippen molar-refractivity contribution in [3.05, 3.63) is 30.3 Å². The molecular formula is C15H21N3O2. The van der Waals surface area contributed by atoms with Crippen LogP contribution in [0.3, 0.4) is 0 Å². The SMILES string of the molecule is CC(C)NC(=O)NCC1CC(=O)N(c2ccccc2)C1. The zero-order valence-corrected chi connectivity index (χ0v) is 11.9. The summed E-state index contributed by atoms with van der Waals surface area (Å²) in [5, 5.41) is 5.59. The maximum absolute atomic E-state index is 12.0. The molecule has 108 valence electrons. The first-order valence-corrected chi connectivity index (χ1v) is 6.96. The number of para-hydroxylation sites is 1. The Morgan fingerprint density at radius 1 is 1.35 bits per heavy atom. The number of nitrogens with one attached hydrogen (secondary N) is 2. The van der Waals surface area contributed by atoms with E-state index in [4.69, 9.17) is 0 Å². The first-order chi connectivity index (χ1) is 9.56. The third-order valence-electron chi connectivity index (χ3n) is 3.24. The van der Waals surface area contributed by atoms with Crippen LogP contribution in [-0.4, -0.2) is 31.1 Å². The van der Waals surface area contributed by atoms with Gasteiger partial charge in [0.1, 0.15) is 0 Å². The highest BCUT2D eigenvalue weighted by Crippen LogP contribution is 2.24. The first kappa shape index (κ1) is 14.4. The second-order valence-corrected chi connectivity index (χ2v) is 5.42. The van der Waals surface area contributed by atoms with Gasteiger partial charge in [-0.15, -0.1) is 0 Å². The largest absolute Gasteiger partial charge is 0.338 e. The molecule has 1 fully saturated rings. The Morgan fingerprint density at radius 2 is 2.05 bits per heavy atom. The van der Waals surface area contributed by atoms with Gasteiger partial charge >= 0.3 is 6.03 Å². The van der Waals surface area contributed by atoms with Crippen LogP contribution in [0.25, 0.3) is 0 Å². The van der Waals surface area contributed by atoms with E-state index in [-0.39, 0.29) is 23.9 Å². The maximum atomic E-state index is 12.0. The van der Waals surface area contributed by atoms with Gasteiger partial charge in [-0.05, 0) is 26.0 Å². The van der Waals surface area contributed by atoms with Gasteiger partial charge in [0.05, 0.1) is 0 Å². The molecular weight excluding hydrogens is 254 g/mol. The number of urea groups is 1. The molecule has 1 aliphatic heterocycles. The molecule has 0 aliphatic carbocycles. The molecule has 1 saturated heterocycles. The summed E-state index contributed by atoms with van der Waals surface area (Å²) in [6.45, 7) is 5.00. The van der Waals surface area contributed by atoms with Crippen molar-refractivity contribution < 1.29 is 9.59 Å². The van der Waals surface area contributed by atoms with E-state index in [1.165, 1.54) is 0 Å². The van der Waals surface area contributed by atoms with Crippen LogP contribution >= 0.6 is 0 Å². The zero-order valence-electron chi connectivity index (χ0n) is 11.9. The van der Waals surface area contributed by atoms with Gasteiger partial charge in [-0.25, -0.2) is 4.79 Å². The molecule has 2 N–H and O–H groups in total. The van der Waals surface area contributed by atoms with E-state index in [1.807, 2.05) is 44.2 Å². The van der Waals surface area contributed by atoms with E-state index in [0.717, 1.165) is 5.69 Å². The van der Waals surface area contributed by atoms with Gasteiger partial charge < -0.3 is 15.5 Å². The Balaban J connectivity index is 1.85. The molecule has 1 atom stereocenters. The summed E-state index contributed by atoms with van der Waals surface area (Å²) < 4.78 is 0. The highest BCUT2D eigenvalue weighted by Gasteiger charge is 2.30. The Bertz CT molecular complexity index is 473. The summed E-state index contributed by atoms with van der Waals surface area (Å²) >= 11 is 0. The van der Waals surface area contributed by atoms with Crippen LogP contribution in [0.5, 0.6) is 0 Å². The minimum Gasteiger partial charge on any atom is -0.338 e. The van der Waals surface area contributed by atoms with Crippen LogP contribution in [0.2, 0.25) is 0 Å². The van der Waals surface area contributed by atoms with Crippen LogP contribution in [0.15, 0.2) is 30.3 Å². The van der Waals surface area contributed by atoms with Crippen molar-refractivity contribution in [2.24, 2.45) is 5.92 Å². The molecule has 5 heteroatoms. The van der Waals surface area contributed by atoms with Crippen LogP contribution in [-0.2, 0) is 4.79 Å². The van der Waals surface area contributed by atoms with Crippen LogP contribution in [0.1, 0.15) is 20.3 Å². The summed E-state index contributed by atoms with van der Waals surface area (Å²) in [6, 6.07) is 9.57. The van der Waals surface area contributed by atoms with Crippen molar-refractivity contribution in [1.29, 1.82) is 0 Å².